The Kier molecular flexibility index (Phi) is 4.62. The second kappa shape index (κ2) is 6.24. The average Bonchev–Trinajstić information content (AvgIpc) is 2.99. The maximum Gasteiger partial charge on any atom is 0.254 e. The number of thiophene rings is 1. The van der Waals surface area contributed by atoms with E-state index >= 15 is 0 Å². The normalized spacial score (nSPS) is 12.7. The first kappa shape index (κ1) is 14.8. The van der Waals surface area contributed by atoms with Gasteiger partial charge in [0.25, 0.3) is 5.91 Å². The fourth-order valence-corrected chi connectivity index (χ4v) is 2.91. The lowest BCUT2D eigenvalue weighted by atomic mass is 10.1. The molecule has 0 radical (unpaired) electrons. The standard InChI is InChI=1S/C15H20N2O2S/c1-10-7-13(11(2)19-10)15(18)16-8-14(17(3)4)12-5-6-20-9-12/h5-7,9,14H,8H2,1-4H3,(H,16,18)/t14-/m1/s1. The molecule has 2 heterocycles. The van der Waals surface area contributed by atoms with Crippen molar-refractivity contribution in [2.75, 3.05) is 20.6 Å². The van der Waals surface area contributed by atoms with E-state index in [2.05, 4.69) is 27.0 Å². The zero-order valence-electron chi connectivity index (χ0n) is 12.3. The summed E-state index contributed by atoms with van der Waals surface area (Å²) < 4.78 is 5.39. The van der Waals surface area contributed by atoms with Crippen LogP contribution in [0, 0.1) is 13.8 Å². The third-order valence-corrected chi connectivity index (χ3v) is 3.99. The van der Waals surface area contributed by atoms with Crippen molar-refractivity contribution >= 4 is 17.2 Å². The first-order valence-corrected chi connectivity index (χ1v) is 7.47. The predicted octanol–water partition coefficient (Wildman–Crippen LogP) is 2.99. The van der Waals surface area contributed by atoms with Crippen molar-refractivity contribution in [3.8, 4) is 0 Å². The fourth-order valence-electron chi connectivity index (χ4n) is 2.20. The highest BCUT2D eigenvalue weighted by Gasteiger charge is 2.18. The van der Waals surface area contributed by atoms with Gasteiger partial charge in [-0.25, -0.2) is 0 Å². The molecule has 1 amide bonds. The molecule has 0 aliphatic carbocycles. The van der Waals surface area contributed by atoms with E-state index in [9.17, 15) is 4.79 Å². The van der Waals surface area contributed by atoms with Gasteiger partial charge in [0, 0.05) is 6.54 Å². The number of rotatable bonds is 5. The van der Waals surface area contributed by atoms with Gasteiger partial charge in [0.2, 0.25) is 0 Å². The average molecular weight is 292 g/mol. The Labute approximate surface area is 123 Å². The zero-order chi connectivity index (χ0) is 14.7. The third-order valence-electron chi connectivity index (χ3n) is 3.29. The van der Waals surface area contributed by atoms with Crippen molar-refractivity contribution in [3.63, 3.8) is 0 Å². The Bertz CT molecular complexity index is 573. The van der Waals surface area contributed by atoms with Gasteiger partial charge in [0.1, 0.15) is 11.5 Å². The van der Waals surface area contributed by atoms with Gasteiger partial charge in [-0.15, -0.1) is 0 Å². The molecule has 4 nitrogen and oxygen atoms in total. The highest BCUT2D eigenvalue weighted by atomic mass is 32.1. The maximum absolute atomic E-state index is 12.2. The molecule has 0 aliphatic heterocycles. The molecule has 0 unspecified atom stereocenters. The first-order chi connectivity index (χ1) is 9.49. The summed E-state index contributed by atoms with van der Waals surface area (Å²) in [5.41, 5.74) is 1.84. The smallest absolute Gasteiger partial charge is 0.254 e. The Morgan fingerprint density at radius 2 is 2.20 bits per heavy atom. The number of furan rings is 1. The van der Waals surface area contributed by atoms with E-state index in [1.807, 2.05) is 27.9 Å². The molecule has 0 spiro atoms. The molecule has 0 aromatic carbocycles. The van der Waals surface area contributed by atoms with E-state index in [1.165, 1.54) is 5.56 Å². The summed E-state index contributed by atoms with van der Waals surface area (Å²) in [6.07, 6.45) is 0. The van der Waals surface area contributed by atoms with Crippen molar-refractivity contribution in [2.45, 2.75) is 19.9 Å². The second-order valence-corrected chi connectivity index (χ2v) is 5.85. The van der Waals surface area contributed by atoms with Gasteiger partial charge in [0.05, 0.1) is 11.6 Å². The SMILES string of the molecule is Cc1cc(C(=O)NC[C@H](c2ccsc2)N(C)C)c(C)o1. The van der Waals surface area contributed by atoms with Gasteiger partial charge in [-0.3, -0.25) is 4.79 Å². The quantitative estimate of drug-likeness (QED) is 0.921. The minimum Gasteiger partial charge on any atom is -0.466 e. The van der Waals surface area contributed by atoms with E-state index in [0.29, 0.717) is 17.9 Å². The number of nitrogens with one attached hydrogen (secondary N) is 1. The zero-order valence-corrected chi connectivity index (χ0v) is 13.1. The summed E-state index contributed by atoms with van der Waals surface area (Å²) in [6.45, 7) is 4.23. The molecule has 2 rings (SSSR count). The number of amides is 1. The summed E-state index contributed by atoms with van der Waals surface area (Å²) >= 11 is 1.67. The van der Waals surface area contributed by atoms with Crippen LogP contribution in [-0.2, 0) is 0 Å². The van der Waals surface area contributed by atoms with Crippen LogP contribution < -0.4 is 5.32 Å². The topological polar surface area (TPSA) is 45.5 Å². The molecule has 1 atom stereocenters. The molecule has 1 N–H and O–H groups in total. The number of nitrogens with zero attached hydrogens (tertiary/aromatic N) is 1. The molecule has 0 aliphatic rings. The third kappa shape index (κ3) is 3.29. The van der Waals surface area contributed by atoms with Gasteiger partial charge < -0.3 is 14.6 Å². The Morgan fingerprint density at radius 3 is 2.70 bits per heavy atom. The molecule has 2 aromatic rings. The van der Waals surface area contributed by atoms with Crippen LogP contribution in [-0.4, -0.2) is 31.4 Å². The Hall–Kier alpha value is -1.59. The van der Waals surface area contributed by atoms with Crippen LogP contribution in [0.4, 0.5) is 0 Å². The lowest BCUT2D eigenvalue weighted by Gasteiger charge is -2.23. The van der Waals surface area contributed by atoms with Crippen LogP contribution in [0.15, 0.2) is 27.3 Å². The van der Waals surface area contributed by atoms with Crippen molar-refractivity contribution in [1.82, 2.24) is 10.2 Å². The summed E-state index contributed by atoms with van der Waals surface area (Å²) in [7, 11) is 4.03. The Morgan fingerprint density at radius 1 is 1.45 bits per heavy atom. The molecule has 2 aromatic heterocycles. The molecular weight excluding hydrogens is 272 g/mol. The second-order valence-electron chi connectivity index (χ2n) is 5.07. The van der Waals surface area contributed by atoms with E-state index in [1.54, 1.807) is 17.4 Å². The van der Waals surface area contributed by atoms with Gasteiger partial charge in [-0.05, 0) is 56.4 Å². The fraction of sp³-hybridized carbons (Fsp3) is 0.400. The molecule has 0 bridgehead atoms. The van der Waals surface area contributed by atoms with Crippen molar-refractivity contribution in [2.24, 2.45) is 0 Å². The largest absolute Gasteiger partial charge is 0.466 e. The highest BCUT2D eigenvalue weighted by molar-refractivity contribution is 7.07. The van der Waals surface area contributed by atoms with Crippen LogP contribution in [0.5, 0.6) is 0 Å². The van der Waals surface area contributed by atoms with Gasteiger partial charge in [-0.2, -0.15) is 11.3 Å². The van der Waals surface area contributed by atoms with Crippen LogP contribution >= 0.6 is 11.3 Å². The molecule has 20 heavy (non-hydrogen) atoms. The summed E-state index contributed by atoms with van der Waals surface area (Å²) in [5, 5.41) is 7.15. The predicted molar refractivity (Wildman–Crippen MR) is 81.3 cm³/mol. The lowest BCUT2D eigenvalue weighted by molar-refractivity contribution is 0.0940. The summed E-state index contributed by atoms with van der Waals surface area (Å²) in [5.74, 6) is 1.34. The van der Waals surface area contributed by atoms with Gasteiger partial charge >= 0.3 is 0 Å². The molecular formula is C15H20N2O2S. The number of carbonyl (C=O) groups is 1. The summed E-state index contributed by atoms with van der Waals surface area (Å²) in [4.78, 5) is 14.3. The van der Waals surface area contributed by atoms with Gasteiger partial charge in [0.15, 0.2) is 0 Å². The molecule has 108 valence electrons. The van der Waals surface area contributed by atoms with Crippen molar-refractivity contribution in [1.29, 1.82) is 0 Å². The van der Waals surface area contributed by atoms with Crippen molar-refractivity contribution in [3.05, 3.63) is 45.5 Å². The van der Waals surface area contributed by atoms with E-state index in [4.69, 9.17) is 4.42 Å². The minimum absolute atomic E-state index is 0.0820. The molecule has 0 saturated carbocycles. The van der Waals surface area contributed by atoms with Crippen molar-refractivity contribution < 1.29 is 9.21 Å². The number of hydrogen-bond donors (Lipinski definition) is 1. The van der Waals surface area contributed by atoms with Crippen LogP contribution in [0.25, 0.3) is 0 Å². The minimum atomic E-state index is -0.0820. The van der Waals surface area contributed by atoms with Crippen LogP contribution in [0.3, 0.4) is 0 Å². The lowest BCUT2D eigenvalue weighted by Crippen LogP contribution is -2.34. The Balaban J connectivity index is 2.03. The van der Waals surface area contributed by atoms with E-state index < -0.39 is 0 Å². The number of hydrogen-bond acceptors (Lipinski definition) is 4. The number of likely N-dealkylation sites (N-methyl/N-ethyl adjacent to an activating group) is 1. The summed E-state index contributed by atoms with van der Waals surface area (Å²) in [6, 6.07) is 4.05. The number of aryl methyl sites for hydroxylation is 2. The monoisotopic (exact) mass is 292 g/mol. The molecule has 5 heteroatoms. The van der Waals surface area contributed by atoms with E-state index in [0.717, 1.165) is 5.76 Å². The molecule has 0 saturated heterocycles. The van der Waals surface area contributed by atoms with Crippen LogP contribution in [0.1, 0.15) is 33.5 Å². The molecule has 0 fully saturated rings. The number of carbonyl (C=O) groups excluding carboxylic acids is 1. The van der Waals surface area contributed by atoms with Gasteiger partial charge in [-0.1, -0.05) is 0 Å². The maximum atomic E-state index is 12.2. The van der Waals surface area contributed by atoms with E-state index in [-0.39, 0.29) is 11.9 Å². The van der Waals surface area contributed by atoms with Crippen LogP contribution in [0.2, 0.25) is 0 Å². The first-order valence-electron chi connectivity index (χ1n) is 6.52. The highest BCUT2D eigenvalue weighted by Crippen LogP contribution is 2.20.